The Morgan fingerprint density at radius 2 is 2.30 bits per heavy atom. The van der Waals surface area contributed by atoms with E-state index in [9.17, 15) is 5.11 Å². The Bertz CT molecular complexity index is 786. The molecule has 1 aromatic carbocycles. The molecule has 1 aromatic heterocycles. The molecule has 0 radical (unpaired) electrons. The van der Waals surface area contributed by atoms with E-state index in [1.807, 2.05) is 24.0 Å². The lowest BCUT2D eigenvalue weighted by Crippen LogP contribution is -2.40. The van der Waals surface area contributed by atoms with Crippen molar-refractivity contribution in [3.63, 3.8) is 0 Å². The van der Waals surface area contributed by atoms with Gasteiger partial charge in [0.25, 0.3) is 0 Å². The van der Waals surface area contributed by atoms with Gasteiger partial charge in [-0.15, -0.1) is 0 Å². The molecule has 7 nitrogen and oxygen atoms in total. The van der Waals surface area contributed by atoms with Crippen LogP contribution in [0.3, 0.4) is 0 Å². The van der Waals surface area contributed by atoms with Crippen molar-refractivity contribution in [3.8, 4) is 11.5 Å². The summed E-state index contributed by atoms with van der Waals surface area (Å²) >= 11 is 0. The zero-order valence-electron chi connectivity index (χ0n) is 16.4. The number of hydrogen-bond donors (Lipinski definition) is 2. The number of methoxy groups -OCH3 is 1. The number of aromatic nitrogens is 2. The lowest BCUT2D eigenvalue weighted by Gasteiger charge is -2.21. The van der Waals surface area contributed by atoms with Crippen LogP contribution in [0.4, 0.5) is 0 Å². The summed E-state index contributed by atoms with van der Waals surface area (Å²) in [6.45, 7) is 5.26. The number of likely N-dealkylation sites (tertiary alicyclic amines) is 1. The summed E-state index contributed by atoms with van der Waals surface area (Å²) in [5.41, 5.74) is 2.04. The Morgan fingerprint density at radius 1 is 1.44 bits per heavy atom. The number of phenolic OH excluding ortho intramolecular Hbond substituents is 1. The van der Waals surface area contributed by atoms with Crippen molar-refractivity contribution in [1.29, 1.82) is 0 Å². The zero-order valence-corrected chi connectivity index (χ0v) is 16.4. The van der Waals surface area contributed by atoms with Crippen molar-refractivity contribution in [2.75, 3.05) is 26.7 Å². The Morgan fingerprint density at radius 3 is 3.00 bits per heavy atom. The summed E-state index contributed by atoms with van der Waals surface area (Å²) in [5.74, 6) is 2.46. The Balaban J connectivity index is 1.65. The van der Waals surface area contributed by atoms with Crippen LogP contribution in [-0.4, -0.2) is 52.5 Å². The highest BCUT2D eigenvalue weighted by Gasteiger charge is 2.25. The highest BCUT2D eigenvalue weighted by atomic mass is 16.5. The first kappa shape index (κ1) is 19.1. The van der Waals surface area contributed by atoms with E-state index < -0.39 is 0 Å². The minimum absolute atomic E-state index is 0.242. The van der Waals surface area contributed by atoms with E-state index in [0.29, 0.717) is 12.5 Å². The molecule has 0 saturated carbocycles. The highest BCUT2D eigenvalue weighted by Crippen LogP contribution is 2.24. The van der Waals surface area contributed by atoms with E-state index in [2.05, 4.69) is 28.4 Å². The van der Waals surface area contributed by atoms with Gasteiger partial charge in [-0.25, -0.2) is 4.99 Å². The third-order valence-electron chi connectivity index (χ3n) is 4.89. The number of nitrogens with one attached hydrogen (secondary N) is 1. The van der Waals surface area contributed by atoms with Crippen molar-refractivity contribution in [2.24, 2.45) is 18.0 Å². The molecule has 2 N–H and O–H groups in total. The molecule has 146 valence electrons. The molecule has 7 heteroatoms. The van der Waals surface area contributed by atoms with Gasteiger partial charge in [0.15, 0.2) is 5.96 Å². The number of hydrogen-bond acceptors (Lipinski definition) is 4. The maximum atomic E-state index is 10.1. The molecule has 1 saturated heterocycles. The van der Waals surface area contributed by atoms with Crippen LogP contribution in [0.15, 0.2) is 35.6 Å². The van der Waals surface area contributed by atoms with Crippen LogP contribution in [0, 0.1) is 5.92 Å². The van der Waals surface area contributed by atoms with Crippen molar-refractivity contribution in [1.82, 2.24) is 20.0 Å². The van der Waals surface area contributed by atoms with E-state index in [4.69, 9.17) is 9.73 Å². The first-order chi connectivity index (χ1) is 13.1. The fraction of sp³-hybridized carbons (Fsp3) is 0.500. The molecule has 2 heterocycles. The number of guanidine groups is 1. The number of phenols is 1. The molecule has 0 bridgehead atoms. The fourth-order valence-electron chi connectivity index (χ4n) is 3.50. The standard InChI is InChI=1S/C20H29N5O2/c1-4-21-20(22-12-17-10-18(27-3)5-6-19(17)26)25-8-7-15(14-25)9-16-11-23-24(2)13-16/h5-6,10-11,13,15,26H,4,7-9,12,14H2,1-3H3,(H,21,22). The second-order valence-electron chi connectivity index (χ2n) is 6.99. The van der Waals surface area contributed by atoms with Crippen LogP contribution in [0.1, 0.15) is 24.5 Å². The van der Waals surface area contributed by atoms with E-state index in [1.165, 1.54) is 5.56 Å². The molecule has 1 atom stereocenters. The number of benzene rings is 1. The molecular weight excluding hydrogens is 342 g/mol. The summed E-state index contributed by atoms with van der Waals surface area (Å²) in [5, 5.41) is 17.7. The van der Waals surface area contributed by atoms with Crippen molar-refractivity contribution in [3.05, 3.63) is 41.7 Å². The lowest BCUT2D eigenvalue weighted by molar-refractivity contribution is 0.410. The first-order valence-electron chi connectivity index (χ1n) is 9.45. The normalized spacial score (nSPS) is 17.4. The van der Waals surface area contributed by atoms with Gasteiger partial charge in [-0.05, 0) is 49.4 Å². The van der Waals surface area contributed by atoms with Gasteiger partial charge >= 0.3 is 0 Å². The van der Waals surface area contributed by atoms with Crippen molar-refractivity contribution >= 4 is 5.96 Å². The molecule has 3 rings (SSSR count). The third kappa shape index (κ3) is 4.93. The average molecular weight is 371 g/mol. The number of ether oxygens (including phenoxy) is 1. The molecule has 0 spiro atoms. The van der Waals surface area contributed by atoms with Gasteiger partial charge in [0.2, 0.25) is 0 Å². The molecule has 1 aliphatic heterocycles. The van der Waals surface area contributed by atoms with Crippen LogP contribution in [0.25, 0.3) is 0 Å². The highest BCUT2D eigenvalue weighted by molar-refractivity contribution is 5.80. The SMILES string of the molecule is CCNC(=NCc1cc(OC)ccc1O)N1CCC(Cc2cnn(C)c2)C1. The Labute approximate surface area is 160 Å². The van der Waals surface area contributed by atoms with Crippen LogP contribution >= 0.6 is 0 Å². The monoisotopic (exact) mass is 371 g/mol. The minimum atomic E-state index is 0.242. The second kappa shape index (κ2) is 8.79. The van der Waals surface area contributed by atoms with Crippen LogP contribution in [0.5, 0.6) is 11.5 Å². The van der Waals surface area contributed by atoms with Crippen LogP contribution in [0.2, 0.25) is 0 Å². The number of aromatic hydroxyl groups is 1. The molecule has 1 unspecified atom stereocenters. The molecule has 0 aliphatic carbocycles. The molecular formula is C20H29N5O2. The molecule has 0 amide bonds. The summed E-state index contributed by atoms with van der Waals surface area (Å²) in [4.78, 5) is 7.05. The van der Waals surface area contributed by atoms with Crippen LogP contribution in [-0.2, 0) is 20.0 Å². The number of rotatable bonds is 6. The first-order valence-corrected chi connectivity index (χ1v) is 9.45. The van der Waals surface area contributed by atoms with E-state index in [0.717, 1.165) is 49.7 Å². The number of aryl methyl sites for hydroxylation is 1. The average Bonchev–Trinajstić information content (AvgIpc) is 3.29. The Hall–Kier alpha value is -2.70. The summed E-state index contributed by atoms with van der Waals surface area (Å²) in [6.07, 6.45) is 6.23. The predicted molar refractivity (Wildman–Crippen MR) is 106 cm³/mol. The van der Waals surface area contributed by atoms with Gasteiger partial charge in [-0.2, -0.15) is 5.10 Å². The molecule has 1 aliphatic rings. The largest absolute Gasteiger partial charge is 0.508 e. The van der Waals surface area contributed by atoms with Crippen molar-refractivity contribution in [2.45, 2.75) is 26.3 Å². The molecule has 1 fully saturated rings. The molecule has 27 heavy (non-hydrogen) atoms. The van der Waals surface area contributed by atoms with Gasteiger partial charge in [0, 0.05) is 38.4 Å². The smallest absolute Gasteiger partial charge is 0.194 e. The minimum Gasteiger partial charge on any atom is -0.508 e. The lowest BCUT2D eigenvalue weighted by atomic mass is 10.0. The summed E-state index contributed by atoms with van der Waals surface area (Å²) < 4.78 is 7.10. The van der Waals surface area contributed by atoms with Crippen molar-refractivity contribution < 1.29 is 9.84 Å². The van der Waals surface area contributed by atoms with Gasteiger partial charge in [-0.1, -0.05) is 0 Å². The maximum Gasteiger partial charge on any atom is 0.194 e. The molecule has 2 aromatic rings. The van der Waals surface area contributed by atoms with Gasteiger partial charge < -0.3 is 20.1 Å². The number of nitrogens with zero attached hydrogens (tertiary/aromatic N) is 4. The summed E-state index contributed by atoms with van der Waals surface area (Å²) in [6, 6.07) is 5.23. The van der Waals surface area contributed by atoms with E-state index in [1.54, 1.807) is 19.2 Å². The van der Waals surface area contributed by atoms with E-state index in [-0.39, 0.29) is 5.75 Å². The Kier molecular flexibility index (Phi) is 6.21. The van der Waals surface area contributed by atoms with Gasteiger partial charge in [0.05, 0.1) is 19.9 Å². The number of aliphatic imine (C=N–C) groups is 1. The third-order valence-corrected chi connectivity index (χ3v) is 4.89. The topological polar surface area (TPSA) is 74.9 Å². The predicted octanol–water partition coefficient (Wildman–Crippen LogP) is 2.16. The maximum absolute atomic E-state index is 10.1. The summed E-state index contributed by atoms with van der Waals surface area (Å²) in [7, 11) is 3.57. The van der Waals surface area contributed by atoms with Crippen LogP contribution < -0.4 is 10.1 Å². The fourth-order valence-corrected chi connectivity index (χ4v) is 3.50. The second-order valence-corrected chi connectivity index (χ2v) is 6.99. The quantitative estimate of drug-likeness (QED) is 0.601. The van der Waals surface area contributed by atoms with Gasteiger partial charge in [-0.3, -0.25) is 4.68 Å². The van der Waals surface area contributed by atoms with Gasteiger partial charge in [0.1, 0.15) is 11.5 Å². The zero-order chi connectivity index (χ0) is 19.2. The van der Waals surface area contributed by atoms with E-state index >= 15 is 0 Å².